The lowest BCUT2D eigenvalue weighted by atomic mass is 10.1. The molecule has 5 nitrogen and oxygen atoms in total. The Morgan fingerprint density at radius 1 is 1.04 bits per heavy atom. The average Bonchev–Trinajstić information content (AvgIpc) is 2.67. The molecule has 7 heteroatoms. The predicted molar refractivity (Wildman–Crippen MR) is 95.6 cm³/mol. The first-order valence-electron chi connectivity index (χ1n) is 8.45. The van der Waals surface area contributed by atoms with Crippen molar-refractivity contribution in [1.82, 2.24) is 4.90 Å². The quantitative estimate of drug-likeness (QED) is 0.781. The number of hydrogen-bond donors (Lipinski definition) is 0. The van der Waals surface area contributed by atoms with Crippen LogP contribution >= 0.6 is 0 Å². The van der Waals surface area contributed by atoms with Crippen molar-refractivity contribution in [3.8, 4) is 6.07 Å². The van der Waals surface area contributed by atoms with Gasteiger partial charge in [-0.3, -0.25) is 9.59 Å². The second-order valence-corrected chi connectivity index (χ2v) is 6.30. The van der Waals surface area contributed by atoms with E-state index in [2.05, 4.69) is 6.07 Å². The summed E-state index contributed by atoms with van der Waals surface area (Å²) >= 11 is 0. The van der Waals surface area contributed by atoms with Crippen LogP contribution in [0.25, 0.3) is 0 Å². The van der Waals surface area contributed by atoms with E-state index >= 15 is 0 Å². The van der Waals surface area contributed by atoms with Crippen molar-refractivity contribution in [2.45, 2.75) is 6.92 Å². The maximum Gasteiger partial charge on any atom is 0.256 e. The van der Waals surface area contributed by atoms with E-state index in [1.165, 1.54) is 11.8 Å². The topological polar surface area (TPSA) is 64.4 Å². The molecule has 1 fully saturated rings. The van der Waals surface area contributed by atoms with Crippen molar-refractivity contribution < 1.29 is 18.4 Å². The lowest BCUT2D eigenvalue weighted by molar-refractivity contribution is 0.0742. The van der Waals surface area contributed by atoms with Crippen molar-refractivity contribution in [2.75, 3.05) is 31.1 Å². The minimum atomic E-state index is -0.886. The van der Waals surface area contributed by atoms with Gasteiger partial charge in [0.25, 0.3) is 5.91 Å². The van der Waals surface area contributed by atoms with Crippen LogP contribution in [0.5, 0.6) is 0 Å². The third-order valence-corrected chi connectivity index (χ3v) is 4.59. The Kier molecular flexibility index (Phi) is 5.17. The van der Waals surface area contributed by atoms with Crippen molar-refractivity contribution in [1.29, 1.82) is 5.26 Å². The number of anilines is 1. The Morgan fingerprint density at radius 3 is 2.33 bits per heavy atom. The zero-order valence-corrected chi connectivity index (χ0v) is 14.7. The second-order valence-electron chi connectivity index (χ2n) is 6.30. The number of halogens is 2. The molecule has 0 N–H and O–H groups in total. The molecule has 3 rings (SSSR count). The lowest BCUT2D eigenvalue weighted by Crippen LogP contribution is -2.49. The fourth-order valence-corrected chi connectivity index (χ4v) is 3.09. The Morgan fingerprint density at radius 2 is 1.74 bits per heavy atom. The number of Topliss-reactive ketones (excluding diaryl/α,β-unsaturated/α-hetero) is 1. The van der Waals surface area contributed by atoms with Crippen LogP contribution in [0.2, 0.25) is 0 Å². The molecule has 0 spiro atoms. The Labute approximate surface area is 155 Å². The van der Waals surface area contributed by atoms with Gasteiger partial charge in [0, 0.05) is 37.8 Å². The van der Waals surface area contributed by atoms with Gasteiger partial charge in [0.05, 0.1) is 16.8 Å². The molecule has 0 atom stereocenters. The summed E-state index contributed by atoms with van der Waals surface area (Å²) in [6, 6.07) is 9.90. The van der Waals surface area contributed by atoms with Gasteiger partial charge >= 0.3 is 0 Å². The summed E-state index contributed by atoms with van der Waals surface area (Å²) in [6.45, 7) is 2.98. The van der Waals surface area contributed by atoms with E-state index in [0.717, 1.165) is 12.1 Å². The first-order valence-corrected chi connectivity index (χ1v) is 8.45. The molecule has 2 aromatic carbocycles. The molecule has 1 aliphatic rings. The van der Waals surface area contributed by atoms with Gasteiger partial charge < -0.3 is 9.80 Å². The van der Waals surface area contributed by atoms with E-state index in [9.17, 15) is 23.6 Å². The van der Waals surface area contributed by atoms with E-state index in [-0.39, 0.29) is 11.3 Å². The molecule has 0 saturated carbocycles. The molecule has 1 saturated heterocycles. The largest absolute Gasteiger partial charge is 0.367 e. The maximum absolute atomic E-state index is 13.9. The molecular formula is C20H17F2N3O2. The summed E-state index contributed by atoms with van der Waals surface area (Å²) in [6.07, 6.45) is 0. The number of hydrogen-bond acceptors (Lipinski definition) is 4. The maximum atomic E-state index is 13.9. The van der Waals surface area contributed by atoms with Crippen molar-refractivity contribution >= 4 is 17.4 Å². The number of rotatable bonds is 3. The van der Waals surface area contributed by atoms with Gasteiger partial charge in [-0.05, 0) is 37.3 Å². The number of nitriles is 1. The smallest absolute Gasteiger partial charge is 0.256 e. The Hall–Kier alpha value is -3.27. The molecule has 1 aliphatic heterocycles. The summed E-state index contributed by atoms with van der Waals surface area (Å²) in [5.74, 6) is -2.21. The SMILES string of the molecule is CC(=O)c1ccc(C#N)c(N2CCN(C(=O)c3ccc(F)cc3F)CC2)c1. The molecule has 0 aromatic heterocycles. The van der Waals surface area contributed by atoms with Gasteiger partial charge in [0.15, 0.2) is 5.78 Å². The van der Waals surface area contributed by atoms with E-state index < -0.39 is 17.5 Å². The van der Waals surface area contributed by atoms with Crippen LogP contribution in [0.3, 0.4) is 0 Å². The highest BCUT2D eigenvalue weighted by molar-refractivity contribution is 5.96. The van der Waals surface area contributed by atoms with Gasteiger partial charge in [0.1, 0.15) is 17.7 Å². The third-order valence-electron chi connectivity index (χ3n) is 4.59. The number of piperazine rings is 1. The zero-order valence-electron chi connectivity index (χ0n) is 14.7. The molecule has 0 radical (unpaired) electrons. The van der Waals surface area contributed by atoms with Crippen LogP contribution < -0.4 is 4.90 Å². The molecule has 0 unspecified atom stereocenters. The molecule has 27 heavy (non-hydrogen) atoms. The Balaban J connectivity index is 1.76. The molecular weight excluding hydrogens is 352 g/mol. The summed E-state index contributed by atoms with van der Waals surface area (Å²) < 4.78 is 26.9. The van der Waals surface area contributed by atoms with E-state index in [1.54, 1.807) is 18.2 Å². The van der Waals surface area contributed by atoms with Crippen LogP contribution in [-0.2, 0) is 0 Å². The molecule has 1 amide bonds. The van der Waals surface area contributed by atoms with Crippen LogP contribution in [0.4, 0.5) is 14.5 Å². The molecule has 0 aliphatic carbocycles. The number of benzene rings is 2. The minimum Gasteiger partial charge on any atom is -0.367 e. The average molecular weight is 369 g/mol. The van der Waals surface area contributed by atoms with Crippen LogP contribution in [0, 0.1) is 23.0 Å². The highest BCUT2D eigenvalue weighted by Crippen LogP contribution is 2.24. The second kappa shape index (κ2) is 7.54. The van der Waals surface area contributed by atoms with Gasteiger partial charge in [-0.25, -0.2) is 8.78 Å². The molecule has 138 valence electrons. The Bertz CT molecular complexity index is 945. The molecule has 2 aromatic rings. The van der Waals surface area contributed by atoms with E-state index in [0.29, 0.717) is 49.1 Å². The van der Waals surface area contributed by atoms with Crippen molar-refractivity contribution in [3.05, 3.63) is 64.7 Å². The first-order chi connectivity index (χ1) is 12.9. The zero-order chi connectivity index (χ0) is 19.6. The minimum absolute atomic E-state index is 0.0960. The van der Waals surface area contributed by atoms with Gasteiger partial charge in [-0.15, -0.1) is 0 Å². The lowest BCUT2D eigenvalue weighted by Gasteiger charge is -2.36. The van der Waals surface area contributed by atoms with Crippen LogP contribution in [0.15, 0.2) is 36.4 Å². The van der Waals surface area contributed by atoms with Gasteiger partial charge in [-0.2, -0.15) is 5.26 Å². The fourth-order valence-electron chi connectivity index (χ4n) is 3.09. The van der Waals surface area contributed by atoms with Gasteiger partial charge in [0.2, 0.25) is 0 Å². The fraction of sp³-hybridized carbons (Fsp3) is 0.250. The number of nitrogens with zero attached hydrogens (tertiary/aromatic N) is 3. The van der Waals surface area contributed by atoms with Crippen molar-refractivity contribution in [3.63, 3.8) is 0 Å². The van der Waals surface area contributed by atoms with Crippen molar-refractivity contribution in [2.24, 2.45) is 0 Å². The highest BCUT2D eigenvalue weighted by Gasteiger charge is 2.25. The summed E-state index contributed by atoms with van der Waals surface area (Å²) in [7, 11) is 0. The van der Waals surface area contributed by atoms with Crippen LogP contribution in [-0.4, -0.2) is 42.8 Å². The van der Waals surface area contributed by atoms with E-state index in [4.69, 9.17) is 0 Å². The van der Waals surface area contributed by atoms with Gasteiger partial charge in [-0.1, -0.05) is 0 Å². The normalized spacial score (nSPS) is 14.0. The standard InChI is InChI=1S/C20H17F2N3O2/c1-13(26)14-2-3-15(12-23)19(10-14)24-6-8-25(9-7-24)20(27)17-5-4-16(21)11-18(17)22/h2-5,10-11H,6-9H2,1H3. The summed E-state index contributed by atoms with van der Waals surface area (Å²) in [4.78, 5) is 27.5. The summed E-state index contributed by atoms with van der Waals surface area (Å²) in [5.41, 5.74) is 1.44. The molecule has 1 heterocycles. The number of carbonyl (C=O) groups is 2. The van der Waals surface area contributed by atoms with E-state index in [1.807, 2.05) is 4.90 Å². The number of carbonyl (C=O) groups excluding carboxylic acids is 2. The third kappa shape index (κ3) is 3.80. The predicted octanol–water partition coefficient (Wildman–Crippen LogP) is 3.00. The van der Waals surface area contributed by atoms with Crippen LogP contribution in [0.1, 0.15) is 33.2 Å². The monoisotopic (exact) mass is 369 g/mol. The summed E-state index contributed by atoms with van der Waals surface area (Å²) in [5, 5.41) is 9.32. The highest BCUT2D eigenvalue weighted by atomic mass is 19.1. The molecule has 0 bridgehead atoms. The number of ketones is 1. The number of amides is 1. The first kappa shape index (κ1) is 18.5.